The SMILES string of the molecule is CN=c1ccc2[nH+]c3ccc(N)cc3sc-2c1. The predicted octanol–water partition coefficient (Wildman–Crippen LogP) is 1.93. The highest BCUT2D eigenvalue weighted by Gasteiger charge is 2.12. The van der Waals surface area contributed by atoms with Gasteiger partial charge in [-0.2, -0.15) is 0 Å². The lowest BCUT2D eigenvalue weighted by Gasteiger charge is -2.00. The number of benzene rings is 2. The van der Waals surface area contributed by atoms with Crippen molar-refractivity contribution in [1.29, 1.82) is 0 Å². The van der Waals surface area contributed by atoms with E-state index in [-0.39, 0.29) is 0 Å². The summed E-state index contributed by atoms with van der Waals surface area (Å²) in [6.45, 7) is 0. The van der Waals surface area contributed by atoms with Crippen molar-refractivity contribution in [3.05, 3.63) is 41.8 Å². The minimum atomic E-state index is 0.790. The van der Waals surface area contributed by atoms with Crippen LogP contribution in [0.1, 0.15) is 0 Å². The zero-order valence-corrected chi connectivity index (χ0v) is 10.2. The second kappa shape index (κ2) is 3.82. The fraction of sp³-hybridized carbons (Fsp3) is 0.0769. The molecule has 3 nitrogen and oxygen atoms in total. The Kier molecular flexibility index (Phi) is 2.30. The number of aromatic nitrogens is 1. The molecule has 1 aromatic carbocycles. The van der Waals surface area contributed by atoms with Crippen molar-refractivity contribution in [1.82, 2.24) is 0 Å². The van der Waals surface area contributed by atoms with Crippen LogP contribution in [0.25, 0.3) is 20.8 Å². The van der Waals surface area contributed by atoms with Gasteiger partial charge in [0.1, 0.15) is 9.58 Å². The highest BCUT2D eigenvalue weighted by atomic mass is 32.1. The topological polar surface area (TPSA) is 52.5 Å². The molecule has 1 aromatic rings. The second-order valence-electron chi connectivity index (χ2n) is 3.89. The van der Waals surface area contributed by atoms with E-state index in [0.717, 1.165) is 27.0 Å². The first kappa shape index (κ1) is 10.2. The van der Waals surface area contributed by atoms with Crippen LogP contribution >= 0.6 is 11.3 Å². The number of anilines is 1. The molecule has 84 valence electrons. The number of H-pyrrole nitrogens is 1. The molecular weight excluding hydrogens is 230 g/mol. The molecule has 0 fully saturated rings. The van der Waals surface area contributed by atoms with Crippen molar-refractivity contribution >= 4 is 27.2 Å². The molecule has 0 saturated heterocycles. The first-order chi connectivity index (χ1) is 8.26. The van der Waals surface area contributed by atoms with Gasteiger partial charge in [0.25, 0.3) is 0 Å². The number of fused-ring (bicyclic) bond motifs is 2. The van der Waals surface area contributed by atoms with Gasteiger partial charge in [-0.3, -0.25) is 4.99 Å². The average molecular weight is 242 g/mol. The van der Waals surface area contributed by atoms with Crippen LogP contribution < -0.4 is 16.1 Å². The van der Waals surface area contributed by atoms with Crippen molar-refractivity contribution in [2.45, 2.75) is 0 Å². The van der Waals surface area contributed by atoms with Gasteiger partial charge in [-0.05, 0) is 24.3 Å². The molecule has 0 bridgehead atoms. The molecule has 1 aliphatic heterocycles. The molecular formula is C13H12N3S+. The zero-order valence-electron chi connectivity index (χ0n) is 9.40. The minimum Gasteiger partial charge on any atom is -0.399 e. The highest BCUT2D eigenvalue weighted by molar-refractivity contribution is 7.21. The van der Waals surface area contributed by atoms with E-state index >= 15 is 0 Å². The third-order valence-corrected chi connectivity index (χ3v) is 3.83. The number of nitrogens with zero attached hydrogens (tertiary/aromatic N) is 1. The Balaban J connectivity index is 2.41. The zero-order chi connectivity index (χ0) is 11.8. The van der Waals surface area contributed by atoms with Crippen LogP contribution in [0, 0.1) is 0 Å². The lowest BCUT2D eigenvalue weighted by molar-refractivity contribution is -0.330. The van der Waals surface area contributed by atoms with E-state index < -0.39 is 0 Å². The Morgan fingerprint density at radius 1 is 1.18 bits per heavy atom. The van der Waals surface area contributed by atoms with Crippen molar-refractivity contribution in [3.8, 4) is 10.6 Å². The smallest absolute Gasteiger partial charge is 0.221 e. The van der Waals surface area contributed by atoms with Crippen LogP contribution in [-0.2, 0) is 0 Å². The van der Waals surface area contributed by atoms with Crippen molar-refractivity contribution in [2.75, 3.05) is 12.8 Å². The summed E-state index contributed by atoms with van der Waals surface area (Å²) >= 11 is 1.72. The molecule has 17 heavy (non-hydrogen) atoms. The monoisotopic (exact) mass is 242 g/mol. The van der Waals surface area contributed by atoms with Crippen molar-refractivity contribution in [2.24, 2.45) is 4.99 Å². The van der Waals surface area contributed by atoms with E-state index in [0.29, 0.717) is 0 Å². The van der Waals surface area contributed by atoms with Gasteiger partial charge in [-0.15, -0.1) is 11.3 Å². The Bertz CT molecular complexity index is 730. The molecule has 3 N–H and O–H groups in total. The van der Waals surface area contributed by atoms with Gasteiger partial charge < -0.3 is 5.73 Å². The van der Waals surface area contributed by atoms with Crippen molar-refractivity contribution < 1.29 is 4.98 Å². The largest absolute Gasteiger partial charge is 0.399 e. The number of nitrogens with two attached hydrogens (primary N) is 1. The summed E-state index contributed by atoms with van der Waals surface area (Å²) in [5.41, 5.74) is 8.82. The number of hydrogen-bond acceptors (Lipinski definition) is 3. The molecule has 1 heterocycles. The molecule has 0 amide bonds. The van der Waals surface area contributed by atoms with Crippen LogP contribution in [-0.4, -0.2) is 7.05 Å². The Hall–Kier alpha value is -1.94. The number of hydrogen-bond donors (Lipinski definition) is 1. The number of nitrogen functional groups attached to an aromatic ring is 1. The molecule has 4 heteroatoms. The van der Waals surface area contributed by atoms with Crippen LogP contribution in [0.15, 0.2) is 41.4 Å². The maximum Gasteiger partial charge on any atom is 0.221 e. The normalized spacial score (nSPS) is 12.4. The van der Waals surface area contributed by atoms with Gasteiger partial charge in [0.2, 0.25) is 11.2 Å². The third-order valence-electron chi connectivity index (χ3n) is 2.72. The molecule has 0 spiro atoms. The summed E-state index contributed by atoms with van der Waals surface area (Å²) < 4.78 is 1.16. The second-order valence-corrected chi connectivity index (χ2v) is 4.97. The van der Waals surface area contributed by atoms with Crippen LogP contribution in [0.2, 0.25) is 0 Å². The number of aromatic amines is 1. The molecule has 2 aliphatic rings. The first-order valence-corrected chi connectivity index (χ1v) is 6.16. The Morgan fingerprint density at radius 3 is 2.88 bits per heavy atom. The van der Waals surface area contributed by atoms with E-state index in [9.17, 15) is 0 Å². The fourth-order valence-corrected chi connectivity index (χ4v) is 2.90. The van der Waals surface area contributed by atoms with E-state index in [1.807, 2.05) is 24.3 Å². The van der Waals surface area contributed by atoms with Crippen LogP contribution in [0.3, 0.4) is 0 Å². The summed E-state index contributed by atoms with van der Waals surface area (Å²) in [5.74, 6) is 0. The molecule has 0 unspecified atom stereocenters. The van der Waals surface area contributed by atoms with E-state index in [2.05, 4.69) is 22.1 Å². The summed E-state index contributed by atoms with van der Waals surface area (Å²) in [4.78, 5) is 8.77. The first-order valence-electron chi connectivity index (χ1n) is 5.34. The maximum absolute atomic E-state index is 5.80. The standard InChI is InChI=1S/C13H11N3S/c1-15-9-3-5-11-13(7-9)17-12-6-8(14)2-4-10(12)16-11/h2-7H,14H2,1H3/p+1. The summed E-state index contributed by atoms with van der Waals surface area (Å²) in [5, 5.41) is 0.991. The van der Waals surface area contributed by atoms with Crippen molar-refractivity contribution in [3.63, 3.8) is 0 Å². The summed E-state index contributed by atoms with van der Waals surface area (Å²) in [7, 11) is 1.80. The summed E-state index contributed by atoms with van der Waals surface area (Å²) in [6, 6.07) is 12.1. The third kappa shape index (κ3) is 1.76. The van der Waals surface area contributed by atoms with E-state index in [1.54, 1.807) is 18.4 Å². The quantitative estimate of drug-likeness (QED) is 0.475. The lowest BCUT2D eigenvalue weighted by atomic mass is 10.2. The average Bonchev–Trinajstić information content (AvgIpc) is 2.35. The van der Waals surface area contributed by atoms with Gasteiger partial charge in [0, 0.05) is 24.9 Å². The fourth-order valence-electron chi connectivity index (χ4n) is 1.83. The highest BCUT2D eigenvalue weighted by Crippen LogP contribution is 2.27. The van der Waals surface area contributed by atoms with Gasteiger partial charge in [-0.25, -0.2) is 4.98 Å². The molecule has 0 radical (unpaired) electrons. The molecule has 0 atom stereocenters. The Morgan fingerprint density at radius 2 is 2.06 bits per heavy atom. The predicted molar refractivity (Wildman–Crippen MR) is 70.9 cm³/mol. The summed E-state index contributed by atoms with van der Waals surface area (Å²) in [6.07, 6.45) is 0. The number of nitrogens with one attached hydrogen (secondary N) is 1. The van der Waals surface area contributed by atoms with Gasteiger partial charge in [0.15, 0.2) is 0 Å². The van der Waals surface area contributed by atoms with Crippen LogP contribution in [0.5, 0.6) is 0 Å². The van der Waals surface area contributed by atoms with Gasteiger partial charge in [-0.1, -0.05) is 0 Å². The van der Waals surface area contributed by atoms with Gasteiger partial charge in [0.05, 0.1) is 5.36 Å². The lowest BCUT2D eigenvalue weighted by Crippen LogP contribution is -2.11. The Labute approximate surface area is 103 Å². The molecule has 1 aliphatic carbocycles. The van der Waals surface area contributed by atoms with E-state index in [4.69, 9.17) is 5.73 Å². The van der Waals surface area contributed by atoms with E-state index in [1.165, 1.54) is 4.88 Å². The maximum atomic E-state index is 5.80. The van der Waals surface area contributed by atoms with Crippen LogP contribution in [0.4, 0.5) is 5.69 Å². The molecule has 0 aromatic heterocycles. The van der Waals surface area contributed by atoms with Gasteiger partial charge >= 0.3 is 0 Å². The minimum absolute atomic E-state index is 0.790. The molecule has 0 saturated carbocycles. The number of rotatable bonds is 0. The molecule has 3 rings (SSSR count).